The molecule has 0 radical (unpaired) electrons. The lowest BCUT2D eigenvalue weighted by Crippen LogP contribution is -2.26. The smallest absolute Gasteiger partial charge is 0.186 e. The molecular formula is C15H16FN5O2. The second kappa shape index (κ2) is 6.57. The van der Waals surface area contributed by atoms with Gasteiger partial charge in [-0.2, -0.15) is 5.10 Å². The first-order valence-electron chi connectivity index (χ1n) is 7.06. The van der Waals surface area contributed by atoms with E-state index in [0.717, 1.165) is 5.39 Å². The Kier molecular flexibility index (Phi) is 4.33. The highest BCUT2D eigenvalue weighted by molar-refractivity contribution is 5.85. The summed E-state index contributed by atoms with van der Waals surface area (Å²) in [4.78, 5) is 8.22. The van der Waals surface area contributed by atoms with Gasteiger partial charge in [-0.1, -0.05) is 0 Å². The van der Waals surface area contributed by atoms with Crippen molar-refractivity contribution in [3.05, 3.63) is 42.6 Å². The van der Waals surface area contributed by atoms with Gasteiger partial charge in [-0.3, -0.25) is 4.68 Å². The van der Waals surface area contributed by atoms with Gasteiger partial charge in [0.25, 0.3) is 0 Å². The molecular weight excluding hydrogens is 301 g/mol. The van der Waals surface area contributed by atoms with Crippen molar-refractivity contribution in [1.29, 1.82) is 0 Å². The van der Waals surface area contributed by atoms with Crippen molar-refractivity contribution in [3.63, 3.8) is 0 Å². The third kappa shape index (κ3) is 3.72. The van der Waals surface area contributed by atoms with Gasteiger partial charge in [0.15, 0.2) is 5.65 Å². The maximum Gasteiger partial charge on any atom is 0.186 e. The summed E-state index contributed by atoms with van der Waals surface area (Å²) in [5.41, 5.74) is 0.585. The fourth-order valence-electron chi connectivity index (χ4n) is 2.09. The lowest BCUT2D eigenvalue weighted by Gasteiger charge is -2.13. The Morgan fingerprint density at radius 1 is 1.30 bits per heavy atom. The Morgan fingerprint density at radius 3 is 2.87 bits per heavy atom. The third-order valence-electron chi connectivity index (χ3n) is 3.19. The lowest BCUT2D eigenvalue weighted by atomic mass is 10.3. The first kappa shape index (κ1) is 15.2. The molecule has 3 rings (SSSR count). The molecule has 1 atom stereocenters. The van der Waals surface area contributed by atoms with Crippen molar-refractivity contribution in [2.75, 3.05) is 18.5 Å². The number of aliphatic hydroxyl groups is 1. The number of ether oxygens (including phenoxy) is 1. The molecule has 1 unspecified atom stereocenters. The molecule has 8 heteroatoms. The van der Waals surface area contributed by atoms with Gasteiger partial charge < -0.3 is 15.2 Å². The van der Waals surface area contributed by atoms with Crippen LogP contribution in [0.5, 0.6) is 5.75 Å². The van der Waals surface area contributed by atoms with Gasteiger partial charge in [0, 0.05) is 19.8 Å². The topological polar surface area (TPSA) is 85.1 Å². The number of aliphatic hydroxyl groups excluding tert-OH is 1. The maximum atomic E-state index is 12.8. The average Bonchev–Trinajstić information content (AvgIpc) is 2.93. The molecule has 0 aliphatic carbocycles. The molecule has 23 heavy (non-hydrogen) atoms. The third-order valence-corrected chi connectivity index (χ3v) is 3.19. The summed E-state index contributed by atoms with van der Waals surface area (Å²) in [6.07, 6.45) is 2.47. The molecule has 0 spiro atoms. The minimum absolute atomic E-state index is 0.0832. The first-order chi connectivity index (χ1) is 11.1. The van der Waals surface area contributed by atoms with E-state index in [9.17, 15) is 9.50 Å². The number of nitrogens with one attached hydrogen (secondary N) is 1. The van der Waals surface area contributed by atoms with Crippen LogP contribution in [-0.2, 0) is 7.05 Å². The molecule has 0 bridgehead atoms. The lowest BCUT2D eigenvalue weighted by molar-refractivity contribution is 0.117. The highest BCUT2D eigenvalue weighted by atomic mass is 19.1. The van der Waals surface area contributed by atoms with E-state index < -0.39 is 6.10 Å². The number of rotatable bonds is 6. The van der Waals surface area contributed by atoms with Crippen molar-refractivity contribution in [1.82, 2.24) is 19.7 Å². The summed E-state index contributed by atoms with van der Waals surface area (Å²) in [7, 11) is 1.80. The predicted molar refractivity (Wildman–Crippen MR) is 82.7 cm³/mol. The van der Waals surface area contributed by atoms with Crippen LogP contribution in [0.4, 0.5) is 10.2 Å². The number of fused-ring (bicyclic) bond motifs is 1. The zero-order valence-corrected chi connectivity index (χ0v) is 12.5. The minimum atomic E-state index is -0.748. The summed E-state index contributed by atoms with van der Waals surface area (Å²) in [6.45, 7) is 0.335. The van der Waals surface area contributed by atoms with Crippen LogP contribution in [0.15, 0.2) is 36.8 Å². The van der Waals surface area contributed by atoms with Gasteiger partial charge in [-0.15, -0.1) is 0 Å². The fourth-order valence-corrected chi connectivity index (χ4v) is 2.09. The van der Waals surface area contributed by atoms with E-state index in [2.05, 4.69) is 20.4 Å². The molecule has 1 aromatic carbocycles. The Bertz CT molecular complexity index is 790. The summed E-state index contributed by atoms with van der Waals surface area (Å²) in [6, 6.07) is 5.64. The molecule has 2 N–H and O–H groups in total. The first-order valence-corrected chi connectivity index (χ1v) is 7.06. The van der Waals surface area contributed by atoms with E-state index in [1.807, 2.05) is 0 Å². The van der Waals surface area contributed by atoms with Gasteiger partial charge in [-0.25, -0.2) is 14.4 Å². The van der Waals surface area contributed by atoms with Crippen molar-refractivity contribution >= 4 is 16.9 Å². The number of halogens is 1. The van der Waals surface area contributed by atoms with Crippen LogP contribution in [0, 0.1) is 5.82 Å². The molecule has 7 nitrogen and oxygen atoms in total. The van der Waals surface area contributed by atoms with Crippen LogP contribution in [0.3, 0.4) is 0 Å². The van der Waals surface area contributed by atoms with E-state index in [-0.39, 0.29) is 19.0 Å². The Balaban J connectivity index is 1.55. The van der Waals surface area contributed by atoms with Crippen molar-refractivity contribution < 1.29 is 14.2 Å². The van der Waals surface area contributed by atoms with Gasteiger partial charge in [0.2, 0.25) is 0 Å². The minimum Gasteiger partial charge on any atom is -0.491 e. The van der Waals surface area contributed by atoms with E-state index in [1.165, 1.54) is 30.6 Å². The van der Waals surface area contributed by atoms with Gasteiger partial charge in [-0.05, 0) is 24.3 Å². The summed E-state index contributed by atoms with van der Waals surface area (Å²) >= 11 is 0. The molecule has 3 aromatic rings. The summed E-state index contributed by atoms with van der Waals surface area (Å²) in [5, 5.41) is 18.0. The average molecular weight is 317 g/mol. The molecule has 0 saturated heterocycles. The number of hydrogen-bond donors (Lipinski definition) is 2. The van der Waals surface area contributed by atoms with Crippen LogP contribution in [0.25, 0.3) is 11.0 Å². The molecule has 0 saturated carbocycles. The standard InChI is InChI=1S/C15H16FN5O2/c1-21-7-13-14(18-9-19-15(13)20-21)17-6-11(22)8-23-12-4-2-10(16)3-5-12/h2-5,7,9,11,22H,6,8H2,1H3,(H,17,18,19,20). The molecule has 0 amide bonds. The molecule has 2 aromatic heterocycles. The van der Waals surface area contributed by atoms with E-state index in [4.69, 9.17) is 4.74 Å². The zero-order valence-electron chi connectivity index (χ0n) is 12.5. The monoisotopic (exact) mass is 317 g/mol. The van der Waals surface area contributed by atoms with Crippen LogP contribution in [0.2, 0.25) is 0 Å². The van der Waals surface area contributed by atoms with E-state index >= 15 is 0 Å². The number of aromatic nitrogens is 4. The van der Waals surface area contributed by atoms with Gasteiger partial charge >= 0.3 is 0 Å². The van der Waals surface area contributed by atoms with Crippen LogP contribution < -0.4 is 10.1 Å². The van der Waals surface area contributed by atoms with Gasteiger partial charge in [0.1, 0.15) is 36.4 Å². The second-order valence-electron chi connectivity index (χ2n) is 5.06. The molecule has 0 aliphatic heterocycles. The number of nitrogens with zero attached hydrogens (tertiary/aromatic N) is 4. The molecule has 0 fully saturated rings. The van der Waals surface area contributed by atoms with Gasteiger partial charge in [0.05, 0.1) is 5.39 Å². The largest absolute Gasteiger partial charge is 0.491 e. The predicted octanol–water partition coefficient (Wildman–Crippen LogP) is 1.35. The van der Waals surface area contributed by atoms with E-state index in [0.29, 0.717) is 17.2 Å². The second-order valence-corrected chi connectivity index (χ2v) is 5.06. The van der Waals surface area contributed by atoms with Crippen LogP contribution >= 0.6 is 0 Å². The molecule has 120 valence electrons. The van der Waals surface area contributed by atoms with E-state index in [1.54, 1.807) is 17.9 Å². The normalized spacial score (nSPS) is 12.3. The number of benzene rings is 1. The van der Waals surface area contributed by atoms with Crippen LogP contribution in [-0.4, -0.2) is 44.1 Å². The summed E-state index contributed by atoms with van der Waals surface area (Å²) in [5.74, 6) is 0.773. The van der Waals surface area contributed by atoms with Crippen molar-refractivity contribution in [3.8, 4) is 5.75 Å². The molecule has 0 aliphatic rings. The Hall–Kier alpha value is -2.74. The van der Waals surface area contributed by atoms with Crippen LogP contribution in [0.1, 0.15) is 0 Å². The highest BCUT2D eigenvalue weighted by Gasteiger charge is 2.10. The Morgan fingerprint density at radius 2 is 2.09 bits per heavy atom. The summed E-state index contributed by atoms with van der Waals surface area (Å²) < 4.78 is 19.8. The fraction of sp³-hybridized carbons (Fsp3) is 0.267. The van der Waals surface area contributed by atoms with Crippen molar-refractivity contribution in [2.45, 2.75) is 6.10 Å². The highest BCUT2D eigenvalue weighted by Crippen LogP contribution is 2.17. The Labute approximate surface area is 131 Å². The number of aryl methyl sites for hydroxylation is 1. The SMILES string of the molecule is Cn1cc2c(NCC(O)COc3ccc(F)cc3)ncnc2n1. The number of hydrogen-bond acceptors (Lipinski definition) is 6. The zero-order chi connectivity index (χ0) is 16.2. The van der Waals surface area contributed by atoms with Crippen molar-refractivity contribution in [2.24, 2.45) is 7.05 Å². The number of anilines is 1. The molecule has 2 heterocycles. The quantitative estimate of drug-likeness (QED) is 0.714. The maximum absolute atomic E-state index is 12.8.